The van der Waals surface area contributed by atoms with E-state index in [1.807, 2.05) is 0 Å². The van der Waals surface area contributed by atoms with Gasteiger partial charge in [0.15, 0.2) is 0 Å². The lowest BCUT2D eigenvalue weighted by atomic mass is 9.91. The molecule has 8 nitrogen and oxygen atoms in total. The Morgan fingerprint density at radius 1 is 1.17 bits per heavy atom. The van der Waals surface area contributed by atoms with Gasteiger partial charge < -0.3 is 15.5 Å². The molecule has 1 aromatic carbocycles. The molecule has 2 aliphatic rings. The molecule has 3 heterocycles. The summed E-state index contributed by atoms with van der Waals surface area (Å²) in [5.74, 6) is -1.32. The Bertz CT molecular complexity index is 1210. The Hall–Kier alpha value is -3.89. The van der Waals surface area contributed by atoms with Crippen molar-refractivity contribution in [1.29, 1.82) is 0 Å². The van der Waals surface area contributed by atoms with Gasteiger partial charge in [-0.05, 0) is 29.7 Å². The number of pyridine rings is 1. The molecule has 0 fully saturated rings. The van der Waals surface area contributed by atoms with Crippen LogP contribution in [0.4, 0.5) is 18.0 Å². The third-order valence-corrected chi connectivity index (χ3v) is 6.37. The van der Waals surface area contributed by atoms with Crippen LogP contribution in [-0.2, 0) is 22.3 Å². The zero-order chi connectivity index (χ0) is 26.2. The van der Waals surface area contributed by atoms with Crippen LogP contribution in [0.5, 0.6) is 0 Å². The van der Waals surface area contributed by atoms with Gasteiger partial charge in [0.1, 0.15) is 6.04 Å². The van der Waals surface area contributed by atoms with Crippen LogP contribution in [0, 0.1) is 5.92 Å². The zero-order valence-corrected chi connectivity index (χ0v) is 20.0. The van der Waals surface area contributed by atoms with Gasteiger partial charge in [0.2, 0.25) is 5.91 Å². The second-order valence-corrected chi connectivity index (χ2v) is 9.05. The van der Waals surface area contributed by atoms with E-state index in [0.717, 1.165) is 6.07 Å². The highest BCUT2D eigenvalue weighted by Gasteiger charge is 2.48. The zero-order valence-electron chi connectivity index (χ0n) is 20.0. The van der Waals surface area contributed by atoms with Crippen LogP contribution < -0.4 is 10.6 Å². The molecule has 0 bridgehead atoms. The van der Waals surface area contributed by atoms with Crippen molar-refractivity contribution < 1.29 is 27.6 Å². The van der Waals surface area contributed by atoms with Crippen LogP contribution in [-0.4, -0.2) is 52.3 Å². The van der Waals surface area contributed by atoms with Gasteiger partial charge in [-0.1, -0.05) is 38.1 Å². The first kappa shape index (κ1) is 25.2. The number of nitrogens with one attached hydrogen (secondary N) is 2. The van der Waals surface area contributed by atoms with Crippen LogP contribution >= 0.6 is 0 Å². The summed E-state index contributed by atoms with van der Waals surface area (Å²) >= 11 is 0. The predicted molar refractivity (Wildman–Crippen MR) is 124 cm³/mol. The summed E-state index contributed by atoms with van der Waals surface area (Å²) in [7, 11) is 1.44. The highest BCUT2D eigenvalue weighted by Crippen LogP contribution is 2.42. The van der Waals surface area contributed by atoms with Crippen molar-refractivity contribution in [2.24, 2.45) is 5.92 Å². The average Bonchev–Trinajstić information content (AvgIpc) is 3.17. The second kappa shape index (κ2) is 9.63. The normalized spacial score (nSPS) is 18.9. The van der Waals surface area contributed by atoms with Crippen molar-refractivity contribution in [3.63, 3.8) is 0 Å². The van der Waals surface area contributed by atoms with Gasteiger partial charge in [-0.15, -0.1) is 0 Å². The molecule has 4 amide bonds. The van der Waals surface area contributed by atoms with Crippen LogP contribution in [0.3, 0.4) is 0 Å². The first-order chi connectivity index (χ1) is 17.0. The minimum Gasteiger partial charge on any atom is -0.349 e. The van der Waals surface area contributed by atoms with Crippen molar-refractivity contribution in [2.75, 3.05) is 13.6 Å². The number of hydrogen-bond donors (Lipinski definition) is 2. The molecule has 2 N–H and O–H groups in total. The highest BCUT2D eigenvalue weighted by atomic mass is 19.4. The summed E-state index contributed by atoms with van der Waals surface area (Å²) in [6, 6.07) is 7.29. The summed E-state index contributed by atoms with van der Waals surface area (Å²) in [5, 5.41) is 5.33. The van der Waals surface area contributed by atoms with Crippen molar-refractivity contribution in [1.82, 2.24) is 25.4 Å². The molecule has 2 aliphatic heterocycles. The van der Waals surface area contributed by atoms with E-state index in [1.165, 1.54) is 35.0 Å². The third kappa shape index (κ3) is 4.65. The van der Waals surface area contributed by atoms with Crippen molar-refractivity contribution >= 4 is 17.8 Å². The molecule has 1 aromatic heterocycles. The Morgan fingerprint density at radius 3 is 2.50 bits per heavy atom. The summed E-state index contributed by atoms with van der Waals surface area (Å²) < 4.78 is 41.3. The van der Waals surface area contributed by atoms with E-state index in [1.54, 1.807) is 38.2 Å². The number of urea groups is 1. The minimum absolute atomic E-state index is 0.0250. The van der Waals surface area contributed by atoms with E-state index >= 15 is 0 Å². The number of alkyl halides is 3. The molecule has 36 heavy (non-hydrogen) atoms. The Balaban J connectivity index is 1.66. The molecule has 190 valence electrons. The van der Waals surface area contributed by atoms with Gasteiger partial charge in [-0.2, -0.15) is 13.2 Å². The quantitative estimate of drug-likeness (QED) is 0.636. The number of likely N-dealkylation sites (N-methyl/N-ethyl adjacent to an activating group) is 1. The van der Waals surface area contributed by atoms with Gasteiger partial charge in [0.25, 0.3) is 5.91 Å². The molecule has 11 heteroatoms. The largest absolute Gasteiger partial charge is 0.416 e. The number of amides is 4. The predicted octanol–water partition coefficient (Wildman–Crippen LogP) is 3.23. The molecular weight excluding hydrogens is 475 g/mol. The maximum absolute atomic E-state index is 13.8. The highest BCUT2D eigenvalue weighted by molar-refractivity contribution is 6.03. The fraction of sp³-hybridized carbons (Fsp3) is 0.360. The van der Waals surface area contributed by atoms with Gasteiger partial charge in [0, 0.05) is 13.2 Å². The molecule has 4 rings (SSSR count). The monoisotopic (exact) mass is 501 g/mol. The fourth-order valence-corrected chi connectivity index (χ4v) is 4.64. The topological polar surface area (TPSA) is 94.6 Å². The fourth-order valence-electron chi connectivity index (χ4n) is 4.64. The molecule has 0 radical (unpaired) electrons. The van der Waals surface area contributed by atoms with E-state index in [4.69, 9.17) is 0 Å². The summed E-state index contributed by atoms with van der Waals surface area (Å²) in [6.07, 6.45) is -3.08. The van der Waals surface area contributed by atoms with Crippen molar-refractivity contribution in [2.45, 2.75) is 38.7 Å². The van der Waals surface area contributed by atoms with Crippen LogP contribution in [0.1, 0.15) is 36.7 Å². The van der Waals surface area contributed by atoms with E-state index in [-0.39, 0.29) is 35.8 Å². The van der Waals surface area contributed by atoms with Gasteiger partial charge >= 0.3 is 12.2 Å². The second-order valence-electron chi connectivity index (χ2n) is 9.05. The molecule has 2 aromatic rings. The third-order valence-electron chi connectivity index (χ3n) is 6.37. The van der Waals surface area contributed by atoms with Crippen LogP contribution in [0.15, 0.2) is 59.9 Å². The van der Waals surface area contributed by atoms with Crippen molar-refractivity contribution in [3.05, 3.63) is 76.8 Å². The lowest BCUT2D eigenvalue weighted by Gasteiger charge is -2.32. The molecule has 0 unspecified atom stereocenters. The maximum Gasteiger partial charge on any atom is 0.416 e. The number of aromatic nitrogens is 1. The smallest absolute Gasteiger partial charge is 0.349 e. The Labute approximate surface area is 206 Å². The minimum atomic E-state index is -4.68. The molecule has 0 saturated carbocycles. The van der Waals surface area contributed by atoms with E-state index < -0.39 is 41.7 Å². The summed E-state index contributed by atoms with van der Waals surface area (Å²) in [4.78, 5) is 46.2. The average molecular weight is 502 g/mol. The van der Waals surface area contributed by atoms with Crippen LogP contribution in [0.25, 0.3) is 0 Å². The molecule has 2 atom stereocenters. The lowest BCUT2D eigenvalue weighted by molar-refractivity contribution is -0.139. The molecule has 0 spiro atoms. The number of nitrogens with zero attached hydrogens (tertiary/aromatic N) is 3. The SMILES string of the molecule is CC(C)[C@H](C(=O)NCc1ccccn1)N1CC2=C(C1=O)[C@H](c1ccccc1C(F)(F)F)NC(=O)N2C. The summed E-state index contributed by atoms with van der Waals surface area (Å²) in [6.45, 7) is 3.63. The lowest BCUT2D eigenvalue weighted by Crippen LogP contribution is -2.51. The Morgan fingerprint density at radius 2 is 1.86 bits per heavy atom. The molecular formula is C25H26F3N5O3. The number of carbonyl (C=O) groups is 3. The number of halogens is 3. The van der Waals surface area contributed by atoms with Gasteiger partial charge in [-0.25, -0.2) is 4.79 Å². The maximum atomic E-state index is 13.8. The number of benzene rings is 1. The van der Waals surface area contributed by atoms with E-state index in [0.29, 0.717) is 5.69 Å². The standard InChI is InChI=1S/C25H26F3N5O3/c1-14(2)21(22(34)30-12-15-8-6-7-11-29-15)33-13-18-19(23(33)35)20(31-24(36)32(18)3)16-9-4-5-10-17(16)25(26,27)28/h4-11,14,20-21H,12-13H2,1-3H3,(H,30,34)(H,31,36)/t20-,21+/m0/s1. The number of hydrogen-bond acceptors (Lipinski definition) is 4. The van der Waals surface area contributed by atoms with E-state index in [9.17, 15) is 27.6 Å². The Kier molecular flexibility index (Phi) is 6.75. The summed E-state index contributed by atoms with van der Waals surface area (Å²) in [5.41, 5.74) is -0.232. The first-order valence-electron chi connectivity index (χ1n) is 11.4. The molecule has 0 aliphatic carbocycles. The number of carbonyl (C=O) groups excluding carboxylic acids is 3. The van der Waals surface area contributed by atoms with Crippen molar-refractivity contribution in [3.8, 4) is 0 Å². The first-order valence-corrected chi connectivity index (χ1v) is 11.4. The van der Waals surface area contributed by atoms with Crippen LogP contribution in [0.2, 0.25) is 0 Å². The van der Waals surface area contributed by atoms with E-state index in [2.05, 4.69) is 15.6 Å². The molecule has 0 saturated heterocycles. The van der Waals surface area contributed by atoms with Gasteiger partial charge in [0.05, 0.1) is 41.7 Å². The van der Waals surface area contributed by atoms with Gasteiger partial charge in [-0.3, -0.25) is 19.5 Å². The number of rotatable bonds is 6.